The lowest BCUT2D eigenvalue weighted by Gasteiger charge is -2.35. The molecular formula is C30H32N4O6. The number of methoxy groups -OCH3 is 1. The molecule has 0 aliphatic carbocycles. The number of nitrogens with zero attached hydrogens (tertiary/aromatic N) is 4. The molecule has 6 rings (SSSR count). The van der Waals surface area contributed by atoms with E-state index < -0.39 is 11.5 Å². The van der Waals surface area contributed by atoms with Crippen LogP contribution in [0.4, 0.5) is 5.69 Å². The Kier molecular flexibility index (Phi) is 6.58. The van der Waals surface area contributed by atoms with Crippen LogP contribution in [0.2, 0.25) is 0 Å². The van der Waals surface area contributed by atoms with E-state index in [9.17, 15) is 14.4 Å². The normalized spacial score (nSPS) is 22.6. The summed E-state index contributed by atoms with van der Waals surface area (Å²) in [6.45, 7) is 3.11. The molecule has 2 atom stereocenters. The average Bonchev–Trinajstić information content (AvgIpc) is 3.61. The topological polar surface area (TPSA) is 105 Å². The molecule has 40 heavy (non-hydrogen) atoms. The quantitative estimate of drug-likeness (QED) is 0.499. The van der Waals surface area contributed by atoms with Gasteiger partial charge in [0.1, 0.15) is 23.5 Å². The average molecular weight is 545 g/mol. The number of carbonyl (C=O) groups is 3. The maximum Gasteiger partial charge on any atom is 0.276 e. The van der Waals surface area contributed by atoms with Crippen LogP contribution in [0.5, 0.6) is 5.75 Å². The zero-order valence-corrected chi connectivity index (χ0v) is 22.9. The van der Waals surface area contributed by atoms with Gasteiger partial charge in [0.2, 0.25) is 11.8 Å². The number of ether oxygens (including phenoxy) is 2. The molecule has 2 aromatic carbocycles. The number of aryl methyl sites for hydroxylation is 1. The maximum absolute atomic E-state index is 14.6. The number of carbonyl (C=O) groups excluding carboxylic acids is 3. The summed E-state index contributed by atoms with van der Waals surface area (Å²) in [6.07, 6.45) is 1.03. The van der Waals surface area contributed by atoms with Crippen molar-refractivity contribution in [2.75, 3.05) is 45.3 Å². The van der Waals surface area contributed by atoms with Crippen LogP contribution < -0.4 is 9.64 Å². The molecule has 1 saturated heterocycles. The Morgan fingerprint density at radius 3 is 2.80 bits per heavy atom. The van der Waals surface area contributed by atoms with Gasteiger partial charge in [0.25, 0.3) is 5.91 Å². The molecule has 4 bridgehead atoms. The van der Waals surface area contributed by atoms with Crippen molar-refractivity contribution in [3.63, 3.8) is 0 Å². The minimum atomic E-state index is -1.09. The number of amides is 3. The highest BCUT2D eigenvalue weighted by Gasteiger charge is 2.62. The van der Waals surface area contributed by atoms with Crippen molar-refractivity contribution in [3.8, 4) is 5.75 Å². The zero-order valence-electron chi connectivity index (χ0n) is 22.9. The molecule has 3 aromatic rings. The fourth-order valence-electron chi connectivity index (χ4n) is 6.38. The van der Waals surface area contributed by atoms with Crippen molar-refractivity contribution in [3.05, 3.63) is 76.7 Å². The first-order valence-corrected chi connectivity index (χ1v) is 13.5. The van der Waals surface area contributed by atoms with E-state index >= 15 is 0 Å². The number of para-hydroxylation sites is 1. The summed E-state index contributed by atoms with van der Waals surface area (Å²) in [4.78, 5) is 47.0. The number of fused-ring (bicyclic) bond motifs is 6. The number of hydrogen-bond acceptors (Lipinski definition) is 7. The summed E-state index contributed by atoms with van der Waals surface area (Å²) in [5.41, 5.74) is 1.96. The summed E-state index contributed by atoms with van der Waals surface area (Å²) in [5, 5.41) is 4.10. The maximum atomic E-state index is 14.6. The van der Waals surface area contributed by atoms with Crippen molar-refractivity contribution < 1.29 is 28.4 Å². The number of likely N-dealkylation sites (tertiary alicyclic amines) is 1. The third kappa shape index (κ3) is 3.97. The van der Waals surface area contributed by atoms with Crippen LogP contribution in [-0.4, -0.2) is 73.1 Å². The van der Waals surface area contributed by atoms with E-state index in [0.29, 0.717) is 55.3 Å². The molecule has 3 amide bonds. The molecule has 208 valence electrons. The Hall–Kier alpha value is -4.18. The number of hydrogen-bond donors (Lipinski definition) is 0. The van der Waals surface area contributed by atoms with Crippen molar-refractivity contribution in [2.45, 2.75) is 37.8 Å². The number of rotatable bonds is 3. The van der Waals surface area contributed by atoms with Gasteiger partial charge >= 0.3 is 0 Å². The first-order chi connectivity index (χ1) is 19.4. The first-order valence-electron chi connectivity index (χ1n) is 13.5. The van der Waals surface area contributed by atoms with Gasteiger partial charge in [-0.25, -0.2) is 0 Å². The van der Waals surface area contributed by atoms with E-state index in [2.05, 4.69) is 5.16 Å². The molecule has 0 saturated carbocycles. The number of aromatic nitrogens is 1. The Labute approximate surface area is 232 Å². The predicted octanol–water partition coefficient (Wildman–Crippen LogP) is 3.24. The molecule has 1 spiro atoms. The van der Waals surface area contributed by atoms with Crippen molar-refractivity contribution >= 4 is 23.4 Å². The smallest absolute Gasteiger partial charge is 0.276 e. The molecule has 10 nitrogen and oxygen atoms in total. The highest BCUT2D eigenvalue weighted by atomic mass is 16.5. The summed E-state index contributed by atoms with van der Waals surface area (Å²) < 4.78 is 16.8. The van der Waals surface area contributed by atoms with E-state index in [0.717, 1.165) is 11.1 Å². The van der Waals surface area contributed by atoms with Gasteiger partial charge in [-0.2, -0.15) is 0 Å². The minimum absolute atomic E-state index is 0.0733. The Bertz CT molecular complexity index is 1480. The van der Waals surface area contributed by atoms with Crippen LogP contribution in [-0.2, 0) is 26.3 Å². The molecule has 0 N–H and O–H groups in total. The number of likely N-dealkylation sites (N-methyl/N-ethyl adjacent to an activating group) is 1. The van der Waals surface area contributed by atoms with Crippen LogP contribution >= 0.6 is 0 Å². The van der Waals surface area contributed by atoms with Gasteiger partial charge in [0.15, 0.2) is 5.69 Å². The summed E-state index contributed by atoms with van der Waals surface area (Å²) in [6, 6.07) is 14.5. The second kappa shape index (κ2) is 10.1. The van der Waals surface area contributed by atoms with Crippen molar-refractivity contribution in [2.24, 2.45) is 0 Å². The molecule has 4 heterocycles. The molecule has 3 aliphatic heterocycles. The number of benzene rings is 2. The van der Waals surface area contributed by atoms with E-state index in [1.165, 1.54) is 0 Å². The molecule has 0 unspecified atom stereocenters. The third-order valence-electron chi connectivity index (χ3n) is 8.36. The van der Waals surface area contributed by atoms with E-state index in [1.807, 2.05) is 48.5 Å². The Morgan fingerprint density at radius 1 is 1.15 bits per heavy atom. The lowest BCUT2D eigenvalue weighted by Crippen LogP contribution is -2.48. The molecule has 3 aliphatic rings. The first kappa shape index (κ1) is 26.1. The van der Waals surface area contributed by atoms with Gasteiger partial charge in [-0.3, -0.25) is 14.4 Å². The van der Waals surface area contributed by atoms with Crippen LogP contribution in [0.25, 0.3) is 0 Å². The highest BCUT2D eigenvalue weighted by Crippen LogP contribution is 2.57. The molecule has 10 heteroatoms. The van der Waals surface area contributed by atoms with Crippen molar-refractivity contribution in [1.82, 2.24) is 15.0 Å². The predicted molar refractivity (Wildman–Crippen MR) is 145 cm³/mol. The SMILES string of the molecule is COCc1c(C(=O)N2CC[C@]34C(=O)N(CC(=O)N(C)CCCOc5cccc(c5)[C@H]23)c2ccccc24)noc1C. The van der Waals surface area contributed by atoms with Gasteiger partial charge in [-0.15, -0.1) is 0 Å². The molecule has 1 aromatic heterocycles. The van der Waals surface area contributed by atoms with Gasteiger partial charge in [0, 0.05) is 32.9 Å². The van der Waals surface area contributed by atoms with Gasteiger partial charge < -0.3 is 28.7 Å². The van der Waals surface area contributed by atoms with E-state index in [1.54, 1.807) is 35.8 Å². The van der Waals surface area contributed by atoms with Crippen molar-refractivity contribution in [1.29, 1.82) is 0 Å². The second-order valence-electron chi connectivity index (χ2n) is 10.6. The monoisotopic (exact) mass is 544 g/mol. The molecule has 1 fully saturated rings. The van der Waals surface area contributed by atoms with Crippen LogP contribution in [0, 0.1) is 6.92 Å². The van der Waals surface area contributed by atoms with Gasteiger partial charge in [-0.05, 0) is 49.1 Å². The second-order valence-corrected chi connectivity index (χ2v) is 10.6. The Morgan fingerprint density at radius 2 is 1.98 bits per heavy atom. The molecule has 0 radical (unpaired) electrons. The molecular weight excluding hydrogens is 512 g/mol. The fraction of sp³-hybridized carbons (Fsp3) is 0.400. The standard InChI is InChI=1S/C30H32N4O6/c1-19-22(18-38-3)26(31-40-19)28(36)33-14-12-30-23-10-4-5-11-24(23)34(29(30)37)17-25(35)32(2)13-7-15-39-21-9-6-8-20(16-21)27(30)33/h4-6,8-11,16,27H,7,12-15,17-18H2,1-3H3/t27-,30+/m0/s1. The summed E-state index contributed by atoms with van der Waals surface area (Å²) in [5.74, 6) is 0.480. The minimum Gasteiger partial charge on any atom is -0.494 e. The summed E-state index contributed by atoms with van der Waals surface area (Å²) in [7, 11) is 3.30. The fourth-order valence-corrected chi connectivity index (χ4v) is 6.38. The third-order valence-corrected chi connectivity index (χ3v) is 8.36. The van der Waals surface area contributed by atoms with Crippen LogP contribution in [0.1, 0.15) is 51.8 Å². The highest BCUT2D eigenvalue weighted by molar-refractivity contribution is 6.12. The lowest BCUT2D eigenvalue weighted by molar-refractivity contribution is -0.131. The van der Waals surface area contributed by atoms with Gasteiger partial charge in [0.05, 0.1) is 24.8 Å². The Balaban J connectivity index is 1.54. The van der Waals surface area contributed by atoms with Gasteiger partial charge in [-0.1, -0.05) is 35.5 Å². The van der Waals surface area contributed by atoms with Crippen LogP contribution in [0.15, 0.2) is 53.1 Å². The van der Waals surface area contributed by atoms with Crippen LogP contribution in [0.3, 0.4) is 0 Å². The van der Waals surface area contributed by atoms with E-state index in [4.69, 9.17) is 14.0 Å². The summed E-state index contributed by atoms with van der Waals surface area (Å²) >= 11 is 0. The largest absolute Gasteiger partial charge is 0.494 e. The number of anilines is 1. The zero-order chi connectivity index (χ0) is 28.0. The lowest BCUT2D eigenvalue weighted by atomic mass is 9.72. The van der Waals surface area contributed by atoms with E-state index in [-0.39, 0.29) is 36.6 Å².